The van der Waals surface area contributed by atoms with Gasteiger partial charge in [-0.1, -0.05) is 164 Å². The molecule has 0 bridgehead atoms. The quantitative estimate of drug-likeness (QED) is 0.162. The molecule has 10 rings (SSSR count). The van der Waals surface area contributed by atoms with Crippen molar-refractivity contribution in [3.63, 3.8) is 0 Å². The topological polar surface area (TPSA) is 22.8 Å². The first-order chi connectivity index (χ1) is 27.2. The molecule has 0 saturated carbocycles. The number of aromatic nitrogens is 3. The Labute approximate surface area is 321 Å². The summed E-state index contributed by atoms with van der Waals surface area (Å²) in [5.41, 5.74) is 17.3. The van der Waals surface area contributed by atoms with Crippen LogP contribution in [-0.2, 0) is 0 Å². The maximum atomic E-state index is 5.21. The van der Waals surface area contributed by atoms with E-state index in [2.05, 4.69) is 216 Å². The molecule has 0 aliphatic rings. The second kappa shape index (κ2) is 13.6. The van der Waals surface area contributed by atoms with Gasteiger partial charge in [0.25, 0.3) is 0 Å². The summed E-state index contributed by atoms with van der Waals surface area (Å²) >= 11 is 0. The molecule has 0 spiro atoms. The first-order valence-electron chi connectivity index (χ1n) is 18.8. The molecule has 8 aromatic carbocycles. The predicted molar refractivity (Wildman–Crippen MR) is 230 cm³/mol. The third-order valence-corrected chi connectivity index (χ3v) is 10.8. The van der Waals surface area contributed by atoms with Crippen LogP contribution >= 0.6 is 0 Å². The molecule has 55 heavy (non-hydrogen) atoms. The third-order valence-electron chi connectivity index (χ3n) is 10.8. The third kappa shape index (κ3) is 5.65. The molecule has 2 aromatic heterocycles. The van der Waals surface area contributed by atoms with Gasteiger partial charge in [0, 0.05) is 33.2 Å². The van der Waals surface area contributed by atoms with Gasteiger partial charge in [0.15, 0.2) is 0 Å². The Morgan fingerprint density at radius 1 is 0.364 bits per heavy atom. The standard InChI is InChI=1S/C52H37N3/c1-36-51(38-17-5-2-6-18-38)53-55(52(36)39-19-7-3-8-20-39)42-32-29-37(30-33-42)43-23-11-13-25-45(43)46-26-14-12-24-44(46)40-31-34-50-48(35-40)47-27-15-16-28-49(47)54(50)41-21-9-4-10-22-41/h2-35H,1H3. The maximum Gasteiger partial charge on any atom is 0.0963 e. The van der Waals surface area contributed by atoms with E-state index < -0.39 is 0 Å². The number of hydrogen-bond donors (Lipinski definition) is 0. The monoisotopic (exact) mass is 703 g/mol. The summed E-state index contributed by atoms with van der Waals surface area (Å²) in [4.78, 5) is 0. The van der Waals surface area contributed by atoms with Crippen LogP contribution in [0, 0.1) is 6.92 Å². The molecule has 0 unspecified atom stereocenters. The Morgan fingerprint density at radius 2 is 0.873 bits per heavy atom. The lowest BCUT2D eigenvalue weighted by Crippen LogP contribution is -1.99. The number of rotatable bonds is 7. The molecular weight excluding hydrogens is 667 g/mol. The molecule has 260 valence electrons. The van der Waals surface area contributed by atoms with E-state index in [4.69, 9.17) is 5.10 Å². The van der Waals surface area contributed by atoms with Crippen molar-refractivity contribution in [1.29, 1.82) is 0 Å². The summed E-state index contributed by atoms with van der Waals surface area (Å²) in [6.45, 7) is 2.18. The Bertz CT molecular complexity index is 2950. The molecule has 10 aromatic rings. The van der Waals surface area contributed by atoms with Gasteiger partial charge in [-0.3, -0.25) is 0 Å². The van der Waals surface area contributed by atoms with E-state index in [1.165, 1.54) is 49.6 Å². The van der Waals surface area contributed by atoms with E-state index in [1.54, 1.807) is 0 Å². The van der Waals surface area contributed by atoms with Crippen molar-refractivity contribution in [1.82, 2.24) is 14.3 Å². The number of hydrogen-bond acceptors (Lipinski definition) is 1. The van der Waals surface area contributed by atoms with Crippen LogP contribution in [0.3, 0.4) is 0 Å². The van der Waals surface area contributed by atoms with Gasteiger partial charge in [-0.15, -0.1) is 0 Å². The summed E-state index contributed by atoms with van der Waals surface area (Å²) in [5, 5.41) is 7.71. The first-order valence-corrected chi connectivity index (χ1v) is 18.8. The molecule has 0 saturated heterocycles. The van der Waals surface area contributed by atoms with Crippen molar-refractivity contribution < 1.29 is 0 Å². The van der Waals surface area contributed by atoms with Crippen LogP contribution in [0.25, 0.3) is 89.1 Å². The molecule has 0 aliphatic carbocycles. The smallest absolute Gasteiger partial charge is 0.0963 e. The number of nitrogens with zero attached hydrogens (tertiary/aromatic N) is 3. The predicted octanol–water partition coefficient (Wildman–Crippen LogP) is 13.6. The molecule has 3 heteroatoms. The highest BCUT2D eigenvalue weighted by Crippen LogP contribution is 2.41. The largest absolute Gasteiger partial charge is 0.309 e. The highest BCUT2D eigenvalue weighted by Gasteiger charge is 2.20. The fraction of sp³-hybridized carbons (Fsp3) is 0.0192. The number of fused-ring (bicyclic) bond motifs is 3. The Morgan fingerprint density at radius 3 is 1.55 bits per heavy atom. The lowest BCUT2D eigenvalue weighted by atomic mass is 9.89. The van der Waals surface area contributed by atoms with Gasteiger partial charge in [0.1, 0.15) is 0 Å². The van der Waals surface area contributed by atoms with Crippen molar-refractivity contribution in [3.05, 3.63) is 212 Å². The van der Waals surface area contributed by atoms with Crippen LogP contribution in [0.1, 0.15) is 5.56 Å². The Hall–Kier alpha value is -7.23. The highest BCUT2D eigenvalue weighted by atomic mass is 15.3. The minimum atomic E-state index is 0.994. The lowest BCUT2D eigenvalue weighted by molar-refractivity contribution is 0.892. The average molecular weight is 704 g/mol. The van der Waals surface area contributed by atoms with Gasteiger partial charge in [-0.05, 0) is 82.8 Å². The van der Waals surface area contributed by atoms with E-state index in [0.29, 0.717) is 0 Å². The van der Waals surface area contributed by atoms with Crippen LogP contribution < -0.4 is 0 Å². The van der Waals surface area contributed by atoms with Gasteiger partial charge in [-0.2, -0.15) is 5.10 Å². The minimum absolute atomic E-state index is 0.994. The molecule has 0 radical (unpaired) electrons. The normalized spacial score (nSPS) is 11.4. The number of benzene rings is 8. The zero-order chi connectivity index (χ0) is 36.7. The number of para-hydroxylation sites is 2. The summed E-state index contributed by atoms with van der Waals surface area (Å²) in [5.74, 6) is 0. The van der Waals surface area contributed by atoms with Gasteiger partial charge in [-0.25, -0.2) is 4.68 Å². The Balaban J connectivity index is 1.06. The van der Waals surface area contributed by atoms with Crippen LogP contribution in [0.4, 0.5) is 0 Å². The van der Waals surface area contributed by atoms with Crippen LogP contribution in [0.5, 0.6) is 0 Å². The fourth-order valence-corrected chi connectivity index (χ4v) is 8.21. The molecule has 0 atom stereocenters. The molecule has 0 fully saturated rings. The van der Waals surface area contributed by atoms with E-state index in [1.807, 2.05) is 6.07 Å². The van der Waals surface area contributed by atoms with E-state index in [-0.39, 0.29) is 0 Å². The van der Waals surface area contributed by atoms with E-state index in [0.717, 1.165) is 45.0 Å². The average Bonchev–Trinajstić information content (AvgIpc) is 3.79. The minimum Gasteiger partial charge on any atom is -0.309 e. The van der Waals surface area contributed by atoms with Gasteiger partial charge in [0.05, 0.1) is 28.1 Å². The highest BCUT2D eigenvalue weighted by molar-refractivity contribution is 6.11. The van der Waals surface area contributed by atoms with Crippen molar-refractivity contribution in [2.75, 3.05) is 0 Å². The molecule has 0 N–H and O–H groups in total. The molecule has 3 nitrogen and oxygen atoms in total. The van der Waals surface area contributed by atoms with Crippen molar-refractivity contribution >= 4 is 21.8 Å². The van der Waals surface area contributed by atoms with Gasteiger partial charge >= 0.3 is 0 Å². The summed E-state index contributed by atoms with van der Waals surface area (Å²) in [7, 11) is 0. The summed E-state index contributed by atoms with van der Waals surface area (Å²) in [6, 6.07) is 73.7. The second-order valence-corrected chi connectivity index (χ2v) is 14.0. The first kappa shape index (κ1) is 32.4. The molecule has 2 heterocycles. The second-order valence-electron chi connectivity index (χ2n) is 14.0. The van der Waals surface area contributed by atoms with E-state index in [9.17, 15) is 0 Å². The fourth-order valence-electron chi connectivity index (χ4n) is 8.21. The molecular formula is C52H37N3. The zero-order valence-electron chi connectivity index (χ0n) is 30.5. The van der Waals surface area contributed by atoms with Crippen LogP contribution in [0.15, 0.2) is 206 Å². The van der Waals surface area contributed by atoms with Crippen LogP contribution in [0.2, 0.25) is 0 Å². The van der Waals surface area contributed by atoms with Crippen molar-refractivity contribution in [2.45, 2.75) is 6.92 Å². The lowest BCUT2D eigenvalue weighted by Gasteiger charge is -2.16. The van der Waals surface area contributed by atoms with Gasteiger partial charge < -0.3 is 4.57 Å². The Kier molecular flexibility index (Phi) is 8.04. The van der Waals surface area contributed by atoms with Crippen molar-refractivity contribution in [2.24, 2.45) is 0 Å². The SMILES string of the molecule is Cc1c(-c2ccccc2)nn(-c2ccc(-c3ccccc3-c3ccccc3-c3ccc4c(c3)c3ccccc3n4-c3ccccc3)cc2)c1-c1ccccc1. The molecule has 0 aliphatic heterocycles. The van der Waals surface area contributed by atoms with E-state index >= 15 is 0 Å². The van der Waals surface area contributed by atoms with Crippen LogP contribution in [-0.4, -0.2) is 14.3 Å². The summed E-state index contributed by atoms with van der Waals surface area (Å²) < 4.78 is 4.47. The zero-order valence-corrected chi connectivity index (χ0v) is 30.5. The van der Waals surface area contributed by atoms with Crippen molar-refractivity contribution in [3.8, 4) is 67.3 Å². The van der Waals surface area contributed by atoms with Gasteiger partial charge in [0.2, 0.25) is 0 Å². The molecule has 0 amide bonds. The summed E-state index contributed by atoms with van der Waals surface area (Å²) in [6.07, 6.45) is 0. The maximum absolute atomic E-state index is 5.21.